The Hall–Kier alpha value is -4.36. The maximum atomic E-state index is 13.7. The normalized spacial score (nSPS) is 18.1. The molecule has 2 atom stereocenters. The Morgan fingerprint density at radius 2 is 1.74 bits per heavy atom. The first-order valence-corrected chi connectivity index (χ1v) is 12.7. The summed E-state index contributed by atoms with van der Waals surface area (Å²) in [4.78, 5) is 38.9. The SMILES string of the molecule is COCC(OC(C)=O)S(=O)(=O)Oc1cccc(C2(c3cccc(-c4cncnc4)c3)N=C(N)N(C)C2=O)c1. The van der Waals surface area contributed by atoms with E-state index in [2.05, 4.69) is 15.0 Å². The largest absolute Gasteiger partial charge is 0.440 e. The number of hydrogen-bond donors (Lipinski definition) is 1. The Bertz CT molecular complexity index is 1500. The van der Waals surface area contributed by atoms with Gasteiger partial charge in [-0.15, -0.1) is 0 Å². The zero-order valence-electron chi connectivity index (χ0n) is 20.8. The summed E-state index contributed by atoms with van der Waals surface area (Å²) in [6.07, 6.45) is 4.68. The number of nitrogens with two attached hydrogens (primary N) is 1. The summed E-state index contributed by atoms with van der Waals surface area (Å²) in [5, 5.41) is 0. The van der Waals surface area contributed by atoms with Gasteiger partial charge in [0.25, 0.3) is 11.3 Å². The molecule has 1 aliphatic heterocycles. The number of nitrogens with zero attached hydrogens (tertiary/aromatic N) is 4. The van der Waals surface area contributed by atoms with E-state index in [4.69, 9.17) is 19.4 Å². The number of carbonyl (C=O) groups is 2. The second-order valence-corrected chi connectivity index (χ2v) is 10.0. The van der Waals surface area contributed by atoms with Crippen LogP contribution in [0, 0.1) is 0 Å². The zero-order valence-corrected chi connectivity index (χ0v) is 21.6. The number of benzene rings is 2. The summed E-state index contributed by atoms with van der Waals surface area (Å²) in [7, 11) is -1.72. The first-order valence-electron chi connectivity index (χ1n) is 11.3. The van der Waals surface area contributed by atoms with Gasteiger partial charge in [0.05, 0.1) is 0 Å². The van der Waals surface area contributed by atoms with Gasteiger partial charge in [-0.3, -0.25) is 14.5 Å². The Morgan fingerprint density at radius 3 is 2.34 bits per heavy atom. The molecule has 198 valence electrons. The van der Waals surface area contributed by atoms with Crippen LogP contribution in [0.4, 0.5) is 0 Å². The van der Waals surface area contributed by atoms with Crippen LogP contribution in [-0.4, -0.2) is 67.3 Å². The van der Waals surface area contributed by atoms with Crippen LogP contribution in [0.2, 0.25) is 0 Å². The molecule has 0 saturated carbocycles. The predicted molar refractivity (Wildman–Crippen MR) is 136 cm³/mol. The van der Waals surface area contributed by atoms with Gasteiger partial charge in [-0.1, -0.05) is 30.3 Å². The van der Waals surface area contributed by atoms with Crippen LogP contribution in [0.3, 0.4) is 0 Å². The van der Waals surface area contributed by atoms with Crippen molar-refractivity contribution in [2.45, 2.75) is 17.9 Å². The van der Waals surface area contributed by atoms with Crippen molar-refractivity contribution in [1.82, 2.24) is 14.9 Å². The monoisotopic (exact) mass is 539 g/mol. The second-order valence-electron chi connectivity index (χ2n) is 8.35. The highest BCUT2D eigenvalue weighted by Gasteiger charge is 2.50. The van der Waals surface area contributed by atoms with Crippen LogP contribution in [0.5, 0.6) is 5.75 Å². The first-order chi connectivity index (χ1) is 18.1. The molecule has 0 radical (unpaired) electrons. The van der Waals surface area contributed by atoms with Crippen LogP contribution >= 0.6 is 0 Å². The molecule has 2 N–H and O–H groups in total. The number of aliphatic imine (C=N–C) groups is 1. The van der Waals surface area contributed by atoms with Crippen LogP contribution < -0.4 is 9.92 Å². The lowest BCUT2D eigenvalue weighted by molar-refractivity contribution is -0.144. The molecule has 13 heteroatoms. The maximum absolute atomic E-state index is 13.7. The Morgan fingerprint density at radius 1 is 1.08 bits per heavy atom. The predicted octanol–water partition coefficient (Wildman–Crippen LogP) is 1.42. The number of carbonyl (C=O) groups excluding carboxylic acids is 2. The average molecular weight is 540 g/mol. The fourth-order valence-electron chi connectivity index (χ4n) is 4.01. The lowest BCUT2D eigenvalue weighted by Crippen LogP contribution is -2.41. The van der Waals surface area contributed by atoms with Gasteiger partial charge in [-0.2, -0.15) is 8.42 Å². The maximum Gasteiger partial charge on any atom is 0.350 e. The molecule has 2 aromatic carbocycles. The van der Waals surface area contributed by atoms with Gasteiger partial charge in [-0.05, 0) is 34.9 Å². The standard InChI is InChI=1S/C25H25N5O7S/c1-16(31)36-22(14-35-3)38(33,34)37-21-9-5-8-20(11-21)25(23(32)30(2)24(26)29-25)19-7-4-6-17(10-19)18-12-27-15-28-13-18/h4-13,15,22H,14H2,1-3H3,(H2,26,29). The molecule has 0 fully saturated rings. The fourth-order valence-corrected chi connectivity index (χ4v) is 5.05. The van der Waals surface area contributed by atoms with Crippen LogP contribution in [0.25, 0.3) is 11.1 Å². The van der Waals surface area contributed by atoms with Crippen molar-refractivity contribution < 1.29 is 31.7 Å². The second kappa shape index (κ2) is 10.6. The molecule has 0 spiro atoms. The summed E-state index contributed by atoms with van der Waals surface area (Å²) in [6, 6.07) is 13.0. The van der Waals surface area contributed by atoms with E-state index < -0.39 is 39.6 Å². The number of rotatable bonds is 9. The number of hydrogen-bond acceptors (Lipinski definition) is 11. The Kier molecular flexibility index (Phi) is 7.41. The number of esters is 1. The Labute approximate surface area is 219 Å². The number of amides is 1. The Balaban J connectivity index is 1.80. The molecule has 1 aliphatic rings. The number of methoxy groups -OCH3 is 1. The van der Waals surface area contributed by atoms with Crippen molar-refractivity contribution in [3.63, 3.8) is 0 Å². The molecule has 2 heterocycles. The van der Waals surface area contributed by atoms with Gasteiger partial charge >= 0.3 is 16.1 Å². The van der Waals surface area contributed by atoms with E-state index in [-0.39, 0.29) is 11.7 Å². The molecule has 2 unspecified atom stereocenters. The molecule has 0 aliphatic carbocycles. The fraction of sp³-hybridized carbons (Fsp3) is 0.240. The van der Waals surface area contributed by atoms with E-state index in [0.717, 1.165) is 18.1 Å². The van der Waals surface area contributed by atoms with E-state index in [1.807, 2.05) is 6.07 Å². The number of likely N-dealkylation sites (N-methyl/N-ethyl adjacent to an activating group) is 1. The quantitative estimate of drug-likeness (QED) is 0.311. The van der Waals surface area contributed by atoms with Crippen LogP contribution in [-0.2, 0) is 34.7 Å². The minimum absolute atomic E-state index is 0.0163. The molecule has 12 nitrogen and oxygen atoms in total. The smallest absolute Gasteiger partial charge is 0.350 e. The average Bonchev–Trinajstić information content (AvgIpc) is 3.13. The topological polar surface area (TPSA) is 163 Å². The first kappa shape index (κ1) is 26.7. The molecule has 0 bridgehead atoms. The molecule has 1 amide bonds. The lowest BCUT2D eigenvalue weighted by atomic mass is 9.81. The molecule has 0 saturated heterocycles. The third kappa shape index (κ3) is 5.06. The molecule has 3 aromatic rings. The number of aromatic nitrogens is 2. The van der Waals surface area contributed by atoms with Crippen molar-refractivity contribution in [1.29, 1.82) is 0 Å². The summed E-state index contributed by atoms with van der Waals surface area (Å²) in [5.41, 5.74) is 4.99. The third-order valence-corrected chi connectivity index (χ3v) is 7.10. The van der Waals surface area contributed by atoms with E-state index >= 15 is 0 Å². The van der Waals surface area contributed by atoms with Gasteiger partial charge in [0, 0.05) is 39.0 Å². The molecular formula is C25H25N5O7S. The highest BCUT2D eigenvalue weighted by atomic mass is 32.2. The summed E-state index contributed by atoms with van der Waals surface area (Å²) in [5.74, 6) is -1.41. The van der Waals surface area contributed by atoms with Gasteiger partial charge < -0.3 is 19.4 Å². The van der Waals surface area contributed by atoms with Crippen LogP contribution in [0.1, 0.15) is 18.1 Å². The highest BCUT2D eigenvalue weighted by Crippen LogP contribution is 2.41. The van der Waals surface area contributed by atoms with Crippen molar-refractivity contribution in [3.8, 4) is 16.9 Å². The van der Waals surface area contributed by atoms with Crippen LogP contribution in [0.15, 0.2) is 72.2 Å². The van der Waals surface area contributed by atoms with E-state index in [9.17, 15) is 18.0 Å². The van der Waals surface area contributed by atoms with Crippen molar-refractivity contribution in [2.24, 2.45) is 10.7 Å². The van der Waals surface area contributed by atoms with Gasteiger partial charge in [0.1, 0.15) is 18.7 Å². The lowest BCUT2D eigenvalue weighted by Gasteiger charge is -2.27. The van der Waals surface area contributed by atoms with Crippen molar-refractivity contribution >= 4 is 28.0 Å². The van der Waals surface area contributed by atoms with E-state index in [0.29, 0.717) is 11.1 Å². The zero-order chi connectivity index (χ0) is 27.5. The van der Waals surface area contributed by atoms with Gasteiger partial charge in [-0.25, -0.2) is 15.0 Å². The summed E-state index contributed by atoms with van der Waals surface area (Å²) >= 11 is 0. The van der Waals surface area contributed by atoms with Crippen molar-refractivity contribution in [3.05, 3.63) is 78.4 Å². The molecule has 4 rings (SSSR count). The third-order valence-electron chi connectivity index (χ3n) is 5.80. The summed E-state index contributed by atoms with van der Waals surface area (Å²) < 4.78 is 40.7. The minimum Gasteiger partial charge on any atom is -0.440 e. The number of ether oxygens (including phenoxy) is 2. The highest BCUT2D eigenvalue weighted by molar-refractivity contribution is 7.87. The molecule has 1 aromatic heterocycles. The number of guanidine groups is 1. The molecule has 38 heavy (non-hydrogen) atoms. The molecular weight excluding hydrogens is 514 g/mol. The summed E-state index contributed by atoms with van der Waals surface area (Å²) in [6.45, 7) is 0.633. The van der Waals surface area contributed by atoms with Crippen molar-refractivity contribution in [2.75, 3.05) is 20.8 Å². The minimum atomic E-state index is -4.47. The van der Waals surface area contributed by atoms with Gasteiger partial charge in [0.15, 0.2) is 11.5 Å². The van der Waals surface area contributed by atoms with E-state index in [1.54, 1.807) is 36.7 Å². The van der Waals surface area contributed by atoms with Gasteiger partial charge in [0.2, 0.25) is 0 Å². The van der Waals surface area contributed by atoms with E-state index in [1.165, 1.54) is 43.6 Å².